The van der Waals surface area contributed by atoms with E-state index >= 15 is 0 Å². The van der Waals surface area contributed by atoms with Gasteiger partial charge in [-0.15, -0.1) is 0 Å². The molecule has 3 heterocycles. The quantitative estimate of drug-likeness (QED) is 0.117. The number of carbonyl (C=O) groups is 3. The molecule has 0 bridgehead atoms. The van der Waals surface area contributed by atoms with Crippen molar-refractivity contribution in [1.82, 2.24) is 20.0 Å². The average molecular weight is 576 g/mol. The van der Waals surface area contributed by atoms with Crippen molar-refractivity contribution in [3.05, 3.63) is 64.9 Å². The average Bonchev–Trinajstić information content (AvgIpc) is 3.65. The number of amidine groups is 1. The summed E-state index contributed by atoms with van der Waals surface area (Å²) in [5.74, 6) is 0.153. The summed E-state index contributed by atoms with van der Waals surface area (Å²) >= 11 is 0. The lowest BCUT2D eigenvalue weighted by molar-refractivity contribution is -0.127. The third-order valence-electron chi connectivity index (χ3n) is 8.41. The van der Waals surface area contributed by atoms with E-state index in [1.807, 2.05) is 30.0 Å². The molecule has 1 atom stereocenters. The first-order valence-corrected chi connectivity index (χ1v) is 14.3. The SMILES string of the molecule is CCN(CC)CCN(CC)/C(=N/O)c1ccc2oc([C@]3(CN4Cc5ccc(OC)cc5C4=O)CC(=O)NC3=O)cc2c1. The van der Waals surface area contributed by atoms with Crippen LogP contribution in [0, 0.1) is 0 Å². The number of nitrogens with one attached hydrogen (secondary N) is 1. The van der Waals surface area contributed by atoms with E-state index in [2.05, 4.69) is 29.2 Å². The van der Waals surface area contributed by atoms with Crippen LogP contribution in [0.25, 0.3) is 11.0 Å². The Morgan fingerprint density at radius 1 is 1.07 bits per heavy atom. The molecule has 2 N–H and O–H groups in total. The molecule has 0 saturated carbocycles. The zero-order chi connectivity index (χ0) is 30.0. The zero-order valence-electron chi connectivity index (χ0n) is 24.5. The van der Waals surface area contributed by atoms with Gasteiger partial charge in [-0.05, 0) is 62.0 Å². The second-order valence-corrected chi connectivity index (χ2v) is 10.7. The van der Waals surface area contributed by atoms with Gasteiger partial charge in [-0.3, -0.25) is 19.7 Å². The largest absolute Gasteiger partial charge is 0.497 e. The highest BCUT2D eigenvalue weighted by molar-refractivity contribution is 6.10. The zero-order valence-corrected chi connectivity index (χ0v) is 24.5. The Morgan fingerprint density at radius 2 is 1.86 bits per heavy atom. The van der Waals surface area contributed by atoms with E-state index in [1.165, 1.54) is 7.11 Å². The van der Waals surface area contributed by atoms with Gasteiger partial charge in [0.15, 0.2) is 5.84 Å². The van der Waals surface area contributed by atoms with Crippen molar-refractivity contribution in [3.8, 4) is 5.75 Å². The monoisotopic (exact) mass is 575 g/mol. The van der Waals surface area contributed by atoms with Gasteiger partial charge in [0.2, 0.25) is 11.8 Å². The Bertz CT molecular complexity index is 1540. The number of imide groups is 1. The van der Waals surface area contributed by atoms with Crippen LogP contribution in [0.1, 0.15) is 54.4 Å². The highest BCUT2D eigenvalue weighted by Gasteiger charge is 2.53. The molecule has 0 radical (unpaired) electrons. The van der Waals surface area contributed by atoms with Crippen LogP contribution in [0.4, 0.5) is 0 Å². The minimum absolute atomic E-state index is 0.0224. The summed E-state index contributed by atoms with van der Waals surface area (Å²) in [6.45, 7) is 10.6. The third-order valence-corrected chi connectivity index (χ3v) is 8.41. The van der Waals surface area contributed by atoms with Crippen molar-refractivity contribution in [2.75, 3.05) is 46.4 Å². The van der Waals surface area contributed by atoms with Crippen LogP contribution in [0.15, 0.2) is 52.0 Å². The maximum Gasteiger partial charge on any atom is 0.254 e. The van der Waals surface area contributed by atoms with Gasteiger partial charge < -0.3 is 29.1 Å². The van der Waals surface area contributed by atoms with Gasteiger partial charge in [-0.1, -0.05) is 25.1 Å². The molecule has 5 rings (SSSR count). The summed E-state index contributed by atoms with van der Waals surface area (Å²) < 4.78 is 11.5. The van der Waals surface area contributed by atoms with E-state index in [1.54, 1.807) is 29.2 Å². The highest BCUT2D eigenvalue weighted by Crippen LogP contribution is 2.39. The van der Waals surface area contributed by atoms with Gasteiger partial charge in [-0.2, -0.15) is 0 Å². The topological polar surface area (TPSA) is 128 Å². The second kappa shape index (κ2) is 11.8. The van der Waals surface area contributed by atoms with Crippen molar-refractivity contribution >= 4 is 34.5 Å². The summed E-state index contributed by atoms with van der Waals surface area (Å²) in [7, 11) is 1.54. The summed E-state index contributed by atoms with van der Waals surface area (Å²) in [6.07, 6.45) is -0.139. The fourth-order valence-electron chi connectivity index (χ4n) is 5.91. The van der Waals surface area contributed by atoms with Crippen LogP contribution in [0.5, 0.6) is 5.75 Å². The number of benzene rings is 2. The van der Waals surface area contributed by atoms with Crippen molar-refractivity contribution in [2.45, 2.75) is 39.2 Å². The molecular weight excluding hydrogens is 538 g/mol. The lowest BCUT2D eigenvalue weighted by Gasteiger charge is -2.28. The molecule has 1 fully saturated rings. The van der Waals surface area contributed by atoms with E-state index < -0.39 is 17.2 Å². The Balaban J connectivity index is 1.45. The highest BCUT2D eigenvalue weighted by atomic mass is 16.5. The molecule has 2 aromatic carbocycles. The molecule has 2 aliphatic rings. The number of furan rings is 1. The smallest absolute Gasteiger partial charge is 0.254 e. The molecule has 0 unspecified atom stereocenters. The molecule has 1 aromatic heterocycles. The predicted octanol–water partition coefficient (Wildman–Crippen LogP) is 3.18. The fraction of sp³-hybridized carbons (Fsp3) is 0.419. The number of methoxy groups -OCH3 is 1. The van der Waals surface area contributed by atoms with Gasteiger partial charge in [0, 0.05) is 49.2 Å². The minimum Gasteiger partial charge on any atom is -0.497 e. The third kappa shape index (κ3) is 5.20. The van der Waals surface area contributed by atoms with E-state index in [-0.39, 0.29) is 18.9 Å². The molecule has 2 aliphatic heterocycles. The van der Waals surface area contributed by atoms with E-state index in [0.29, 0.717) is 59.1 Å². The van der Waals surface area contributed by atoms with Crippen molar-refractivity contribution < 1.29 is 28.7 Å². The molecule has 3 amide bonds. The molecule has 11 heteroatoms. The molecule has 0 aliphatic carbocycles. The van der Waals surface area contributed by atoms with Gasteiger partial charge >= 0.3 is 0 Å². The van der Waals surface area contributed by atoms with Crippen LogP contribution >= 0.6 is 0 Å². The van der Waals surface area contributed by atoms with Crippen LogP contribution < -0.4 is 10.1 Å². The standard InChI is InChI=1S/C31H37N5O6/c1-5-34(6-2)12-13-35(7-3)28(33-40)20-9-11-25-22(14-20)15-26(42-25)31(17-27(37)32-30(31)39)19-36-18-21-8-10-23(41-4)16-24(21)29(36)38/h8-11,14-16,40H,5-7,12-13,17-19H2,1-4H3,(H,32,37,39)/b33-28+/t31-/m1/s1. The summed E-state index contributed by atoms with van der Waals surface area (Å²) in [6, 6.07) is 12.5. The van der Waals surface area contributed by atoms with Crippen molar-refractivity contribution in [2.24, 2.45) is 5.16 Å². The molecule has 0 spiro atoms. The first kappa shape index (κ1) is 29.1. The van der Waals surface area contributed by atoms with Gasteiger partial charge in [0.25, 0.3) is 5.91 Å². The lowest BCUT2D eigenvalue weighted by atomic mass is 9.82. The second-order valence-electron chi connectivity index (χ2n) is 10.7. The van der Waals surface area contributed by atoms with Crippen molar-refractivity contribution in [3.63, 3.8) is 0 Å². The fourth-order valence-corrected chi connectivity index (χ4v) is 5.91. The summed E-state index contributed by atoms with van der Waals surface area (Å²) in [5, 5.41) is 16.7. The van der Waals surface area contributed by atoms with E-state index in [0.717, 1.165) is 25.2 Å². The molecule has 3 aromatic rings. The number of nitrogens with zero attached hydrogens (tertiary/aromatic N) is 4. The number of likely N-dealkylation sites (N-methyl/N-ethyl adjacent to an activating group) is 2. The number of rotatable bonds is 11. The maximum atomic E-state index is 13.4. The van der Waals surface area contributed by atoms with Crippen LogP contribution in [0.2, 0.25) is 0 Å². The molecular formula is C31H37N5O6. The Labute approximate surface area is 244 Å². The number of oxime groups is 1. The predicted molar refractivity (Wildman–Crippen MR) is 157 cm³/mol. The van der Waals surface area contributed by atoms with Gasteiger partial charge in [0.1, 0.15) is 22.5 Å². The van der Waals surface area contributed by atoms with Gasteiger partial charge in [-0.25, -0.2) is 0 Å². The number of fused-ring (bicyclic) bond motifs is 2. The van der Waals surface area contributed by atoms with E-state index in [4.69, 9.17) is 9.15 Å². The molecule has 222 valence electrons. The molecule has 1 saturated heterocycles. The van der Waals surface area contributed by atoms with Crippen molar-refractivity contribution in [1.29, 1.82) is 0 Å². The number of ether oxygens (including phenoxy) is 1. The number of hydrogen-bond donors (Lipinski definition) is 2. The normalized spacial score (nSPS) is 18.7. The lowest BCUT2D eigenvalue weighted by Crippen LogP contribution is -2.46. The first-order chi connectivity index (χ1) is 20.3. The number of carbonyl (C=O) groups excluding carboxylic acids is 3. The maximum absolute atomic E-state index is 13.4. The van der Waals surface area contributed by atoms with Crippen LogP contribution in [-0.4, -0.2) is 89.8 Å². The number of amides is 3. The Morgan fingerprint density at radius 3 is 2.50 bits per heavy atom. The summed E-state index contributed by atoms with van der Waals surface area (Å²) in [5.41, 5.74) is 1.17. The van der Waals surface area contributed by atoms with Crippen LogP contribution in [-0.2, 0) is 21.5 Å². The van der Waals surface area contributed by atoms with E-state index in [9.17, 15) is 19.6 Å². The minimum atomic E-state index is -1.38. The summed E-state index contributed by atoms with van der Waals surface area (Å²) in [4.78, 5) is 45.1. The molecule has 42 heavy (non-hydrogen) atoms. The Hall–Kier alpha value is -4.38. The first-order valence-electron chi connectivity index (χ1n) is 14.3. The van der Waals surface area contributed by atoms with Crippen LogP contribution in [0.3, 0.4) is 0 Å². The number of hydrogen-bond acceptors (Lipinski definition) is 8. The Kier molecular flexibility index (Phi) is 8.22. The van der Waals surface area contributed by atoms with Gasteiger partial charge in [0.05, 0.1) is 13.5 Å². The molecule has 11 nitrogen and oxygen atoms in total.